The molecule has 0 aromatic rings. The minimum atomic E-state index is -5.12. The van der Waals surface area contributed by atoms with Crippen molar-refractivity contribution in [1.82, 2.24) is 5.43 Å². The molecular formula is C16H33N3O7S. The van der Waals surface area contributed by atoms with Gasteiger partial charge in [0, 0.05) is 12.5 Å². The first kappa shape index (κ1) is 27.7. The molecule has 0 saturated heterocycles. The van der Waals surface area contributed by atoms with Crippen LogP contribution < -0.4 is 10.5 Å². The summed E-state index contributed by atoms with van der Waals surface area (Å²) in [5.41, 5.74) is 0.602. The highest BCUT2D eigenvalue weighted by atomic mass is 32.3. The molecule has 0 aromatic carbocycles. The first-order valence-corrected chi connectivity index (χ1v) is 9.78. The predicted molar refractivity (Wildman–Crippen MR) is 97.1 cm³/mol. The largest absolute Gasteiger partial charge is 0.725 e. The minimum absolute atomic E-state index is 0.122. The van der Waals surface area contributed by atoms with Crippen molar-refractivity contribution in [3.8, 4) is 0 Å². The Bertz CT molecular complexity index is 612. The normalized spacial score (nSPS) is 14.4. The number of hydrogen-bond donors (Lipinski definition) is 1. The highest BCUT2D eigenvalue weighted by Crippen LogP contribution is 2.27. The number of quaternary nitrogens is 2. The molecule has 0 rings (SSSR count). The molecule has 0 fully saturated rings. The Balaban J connectivity index is 0. The van der Waals surface area contributed by atoms with Crippen molar-refractivity contribution in [3.63, 3.8) is 0 Å². The van der Waals surface area contributed by atoms with Crippen LogP contribution >= 0.6 is 0 Å². The number of aliphatic carboxylic acids is 1. The summed E-state index contributed by atoms with van der Waals surface area (Å²) in [5, 5.41) is 11.1. The molecule has 1 N–H and O–H groups in total. The number of likely N-dealkylation sites (N-methyl/N-ethyl adjacent to an activating group) is 1. The van der Waals surface area contributed by atoms with E-state index in [1.807, 2.05) is 14.1 Å². The van der Waals surface area contributed by atoms with Crippen LogP contribution in [0.5, 0.6) is 0 Å². The van der Waals surface area contributed by atoms with Crippen LogP contribution in [-0.4, -0.2) is 81.4 Å². The Morgan fingerprint density at radius 1 is 1.15 bits per heavy atom. The molecule has 1 unspecified atom stereocenters. The van der Waals surface area contributed by atoms with Crippen molar-refractivity contribution in [2.75, 3.05) is 41.8 Å². The fourth-order valence-corrected chi connectivity index (χ4v) is 3.08. The van der Waals surface area contributed by atoms with E-state index in [-0.39, 0.29) is 16.8 Å². The van der Waals surface area contributed by atoms with Gasteiger partial charge in [0.2, 0.25) is 10.4 Å². The first-order chi connectivity index (χ1) is 12.0. The van der Waals surface area contributed by atoms with Gasteiger partial charge in [-0.3, -0.25) is 9.28 Å². The van der Waals surface area contributed by atoms with E-state index < -0.39 is 22.1 Å². The zero-order valence-electron chi connectivity index (χ0n) is 17.3. The maximum atomic E-state index is 11.1. The lowest BCUT2D eigenvalue weighted by Crippen LogP contribution is -2.68. The topological polar surface area (TPSA) is 136 Å². The second-order valence-electron chi connectivity index (χ2n) is 7.41. The standard InChI is InChI=1S/C8H16N2O.C8H17NO6S/c1-5-7-10(3,4)9-8(11)6-2;1-5-6-8(7(10)11,9(2,3)4)15-16(12,13)14/h6H,2,5,7H2,1,3-4H3;5-6H2,1-4H3,(H-,10,11,12,13,14). The zero-order valence-corrected chi connectivity index (χ0v) is 18.1. The molecule has 1 atom stereocenters. The molecule has 0 heterocycles. The average Bonchev–Trinajstić information content (AvgIpc) is 2.43. The van der Waals surface area contributed by atoms with E-state index in [0.29, 0.717) is 11.0 Å². The lowest BCUT2D eigenvalue weighted by atomic mass is 10.1. The highest BCUT2D eigenvalue weighted by Gasteiger charge is 2.47. The average molecular weight is 412 g/mol. The van der Waals surface area contributed by atoms with Crippen molar-refractivity contribution >= 4 is 22.3 Å². The summed E-state index contributed by atoms with van der Waals surface area (Å²) in [6.07, 6.45) is 2.53. The van der Waals surface area contributed by atoms with Gasteiger partial charge < -0.3 is 14.5 Å². The summed E-state index contributed by atoms with van der Waals surface area (Å²) >= 11 is 0. The monoisotopic (exact) mass is 411 g/mol. The molecule has 0 saturated carbocycles. The molecule has 0 aliphatic carbocycles. The minimum Gasteiger partial charge on any atom is -0.725 e. The van der Waals surface area contributed by atoms with Gasteiger partial charge in [-0.2, -0.15) is 5.43 Å². The van der Waals surface area contributed by atoms with Crippen molar-refractivity contribution in [3.05, 3.63) is 12.7 Å². The van der Waals surface area contributed by atoms with E-state index >= 15 is 0 Å². The molecule has 11 heteroatoms. The SMILES string of the molecule is C=CC(=O)N[N+](C)(C)CCC.CCCC(OS(=O)(=O)[O-])(C(=O)[O-])[N+](C)(C)C. The fourth-order valence-electron chi connectivity index (χ4n) is 2.37. The number of carboxylic acid groups (broad SMARTS) is 1. The Labute approximate surface area is 162 Å². The Morgan fingerprint density at radius 3 is 1.89 bits per heavy atom. The molecule has 0 bridgehead atoms. The number of carboxylic acids is 1. The molecule has 0 radical (unpaired) electrons. The third-order valence-corrected chi connectivity index (χ3v) is 4.09. The van der Waals surface area contributed by atoms with Gasteiger partial charge in [-0.25, -0.2) is 17.2 Å². The van der Waals surface area contributed by atoms with Gasteiger partial charge in [-0.05, 0) is 12.8 Å². The van der Waals surface area contributed by atoms with Crippen molar-refractivity contribution in [1.29, 1.82) is 0 Å². The Hall–Kier alpha value is -1.53. The predicted octanol–water partition coefficient (Wildman–Crippen LogP) is -0.894. The van der Waals surface area contributed by atoms with Crippen LogP contribution in [-0.2, 0) is 24.2 Å². The molecule has 0 aromatic heterocycles. The van der Waals surface area contributed by atoms with E-state index in [4.69, 9.17) is 0 Å². The van der Waals surface area contributed by atoms with Crippen LogP contribution in [0.3, 0.4) is 0 Å². The number of carbonyl (C=O) groups is 2. The Morgan fingerprint density at radius 2 is 1.63 bits per heavy atom. The molecule has 160 valence electrons. The summed E-state index contributed by atoms with van der Waals surface area (Å²) in [6, 6.07) is 0. The van der Waals surface area contributed by atoms with E-state index in [2.05, 4.69) is 23.1 Å². The molecule has 0 aliphatic heterocycles. The van der Waals surface area contributed by atoms with Gasteiger partial charge >= 0.3 is 0 Å². The van der Waals surface area contributed by atoms with Crippen molar-refractivity contribution in [2.24, 2.45) is 0 Å². The van der Waals surface area contributed by atoms with Gasteiger partial charge in [-0.15, -0.1) is 0 Å². The van der Waals surface area contributed by atoms with Crippen LogP contribution in [0, 0.1) is 0 Å². The number of nitrogens with one attached hydrogen (secondary N) is 1. The lowest BCUT2D eigenvalue weighted by molar-refractivity contribution is -0.938. The first-order valence-electron chi connectivity index (χ1n) is 8.45. The highest BCUT2D eigenvalue weighted by molar-refractivity contribution is 7.80. The molecule has 0 spiro atoms. The van der Waals surface area contributed by atoms with Crippen LogP contribution in [0.2, 0.25) is 0 Å². The lowest BCUT2D eigenvalue weighted by Gasteiger charge is -2.45. The summed E-state index contributed by atoms with van der Waals surface area (Å²) < 4.78 is 36.1. The van der Waals surface area contributed by atoms with E-state index in [9.17, 15) is 27.7 Å². The summed E-state index contributed by atoms with van der Waals surface area (Å²) in [6.45, 7) is 8.04. The Kier molecular flexibility index (Phi) is 11.0. The smallest absolute Gasteiger partial charge is 0.288 e. The maximum Gasteiger partial charge on any atom is 0.288 e. The number of nitrogens with zero attached hydrogens (tertiary/aromatic N) is 2. The van der Waals surface area contributed by atoms with Crippen molar-refractivity contribution < 1.29 is 40.9 Å². The van der Waals surface area contributed by atoms with Gasteiger partial charge in [0.15, 0.2) is 0 Å². The fraction of sp³-hybridized carbons (Fsp3) is 0.750. The second kappa shape index (κ2) is 10.7. The van der Waals surface area contributed by atoms with Gasteiger partial charge in [0.1, 0.15) is 12.5 Å². The van der Waals surface area contributed by atoms with E-state index in [1.54, 1.807) is 6.92 Å². The van der Waals surface area contributed by atoms with Gasteiger partial charge in [-0.1, -0.05) is 20.4 Å². The van der Waals surface area contributed by atoms with Crippen LogP contribution in [0.4, 0.5) is 0 Å². The van der Waals surface area contributed by atoms with Gasteiger partial charge in [0.25, 0.3) is 11.6 Å². The summed E-state index contributed by atoms with van der Waals surface area (Å²) in [7, 11) is 3.02. The summed E-state index contributed by atoms with van der Waals surface area (Å²) in [4.78, 5) is 21.9. The van der Waals surface area contributed by atoms with Gasteiger partial charge in [0.05, 0.1) is 35.2 Å². The zero-order chi connectivity index (χ0) is 22.1. The molecule has 10 nitrogen and oxygen atoms in total. The van der Waals surface area contributed by atoms with Crippen LogP contribution in [0.15, 0.2) is 12.7 Å². The maximum absolute atomic E-state index is 11.1. The van der Waals surface area contributed by atoms with E-state index in [0.717, 1.165) is 13.0 Å². The number of hydrogen-bond acceptors (Lipinski definition) is 7. The van der Waals surface area contributed by atoms with E-state index in [1.165, 1.54) is 27.2 Å². The third kappa shape index (κ3) is 10.4. The van der Waals surface area contributed by atoms with Crippen LogP contribution in [0.1, 0.15) is 33.1 Å². The number of amides is 1. The number of rotatable bonds is 10. The molecule has 1 amide bonds. The molecule has 27 heavy (non-hydrogen) atoms. The summed E-state index contributed by atoms with van der Waals surface area (Å²) in [5.74, 6) is -1.84. The quantitative estimate of drug-likeness (QED) is 0.123. The molecular weight excluding hydrogens is 378 g/mol. The van der Waals surface area contributed by atoms with Crippen LogP contribution in [0.25, 0.3) is 0 Å². The molecule has 0 aliphatic rings. The third-order valence-electron chi connectivity index (χ3n) is 3.61. The second-order valence-corrected chi connectivity index (χ2v) is 8.40. The number of carbonyl (C=O) groups excluding carboxylic acids is 2. The van der Waals surface area contributed by atoms with Crippen molar-refractivity contribution in [2.45, 2.75) is 38.8 Å².